The third kappa shape index (κ3) is 16.6. The maximum Gasteiger partial charge on any atom is 0.513 e. The summed E-state index contributed by atoms with van der Waals surface area (Å²) in [6.45, 7) is 6.83. The van der Waals surface area contributed by atoms with Crippen molar-refractivity contribution >= 4 is 35.5 Å². The van der Waals surface area contributed by atoms with E-state index >= 15 is 0 Å². The molecule has 0 unspecified atom stereocenters. The van der Waals surface area contributed by atoms with E-state index in [2.05, 4.69) is 10.3 Å². The van der Waals surface area contributed by atoms with E-state index in [1.54, 1.807) is 73.1 Å². The Kier molecular flexibility index (Phi) is 17.8. The van der Waals surface area contributed by atoms with Crippen molar-refractivity contribution < 1.29 is 57.1 Å². The molecule has 0 bridgehead atoms. The summed E-state index contributed by atoms with van der Waals surface area (Å²) in [6, 6.07) is 10.9. The van der Waals surface area contributed by atoms with Gasteiger partial charge in [-0.2, -0.15) is 9.83 Å². The minimum absolute atomic E-state index is 0. The SMILES string of the molecule is CC(C)(C)OC(=O)NCCCOC(=O)OC[n+]1ccc(N(CCCCCCOc2ccc(Cl)cc2)C(N)=NC#N)cc1.[I-]. The highest BCUT2D eigenvalue weighted by Gasteiger charge is 2.16. The van der Waals surface area contributed by atoms with Crippen molar-refractivity contribution in [2.24, 2.45) is 10.7 Å². The summed E-state index contributed by atoms with van der Waals surface area (Å²) in [6.07, 6.45) is 7.88. The zero-order valence-corrected chi connectivity index (χ0v) is 27.7. The maximum absolute atomic E-state index is 11.9. The van der Waals surface area contributed by atoms with Gasteiger partial charge in [0.2, 0.25) is 12.2 Å². The van der Waals surface area contributed by atoms with Gasteiger partial charge in [0.1, 0.15) is 11.4 Å². The van der Waals surface area contributed by atoms with Crippen molar-refractivity contribution in [2.75, 3.05) is 31.2 Å². The first-order valence-corrected chi connectivity index (χ1v) is 14.1. The molecule has 1 heterocycles. The number of ether oxygens (including phenoxy) is 4. The Morgan fingerprint density at radius 2 is 1.70 bits per heavy atom. The summed E-state index contributed by atoms with van der Waals surface area (Å²) >= 11 is 5.89. The van der Waals surface area contributed by atoms with Gasteiger partial charge in [0.15, 0.2) is 12.4 Å². The summed E-state index contributed by atoms with van der Waals surface area (Å²) in [4.78, 5) is 28.9. The number of rotatable bonds is 15. The average molecular weight is 731 g/mol. The molecule has 3 N–H and O–H groups in total. The highest BCUT2D eigenvalue weighted by atomic mass is 127. The molecule has 12 nitrogen and oxygen atoms in total. The summed E-state index contributed by atoms with van der Waals surface area (Å²) in [5.41, 5.74) is 6.21. The molecule has 2 rings (SSSR count). The lowest BCUT2D eigenvalue weighted by molar-refractivity contribution is -0.727. The molecular weight excluding hydrogens is 691 g/mol. The van der Waals surface area contributed by atoms with E-state index < -0.39 is 17.8 Å². The summed E-state index contributed by atoms with van der Waals surface area (Å²) < 4.78 is 22.6. The highest BCUT2D eigenvalue weighted by Crippen LogP contribution is 2.17. The Balaban J connectivity index is 0.00000924. The number of amides is 1. The molecule has 0 saturated carbocycles. The number of nitrogens with zero attached hydrogens (tertiary/aromatic N) is 4. The minimum Gasteiger partial charge on any atom is -1.00 e. The lowest BCUT2D eigenvalue weighted by Crippen LogP contribution is -3.00. The Labute approximate surface area is 275 Å². The zero-order valence-electron chi connectivity index (χ0n) is 24.8. The topological polar surface area (TPSA) is 152 Å². The predicted molar refractivity (Wildman–Crippen MR) is 158 cm³/mol. The zero-order chi connectivity index (χ0) is 30.8. The number of halogens is 2. The molecule has 0 aliphatic carbocycles. The van der Waals surface area contributed by atoms with Crippen LogP contribution < -0.4 is 49.2 Å². The normalized spacial score (nSPS) is 11.0. The molecule has 0 radical (unpaired) electrons. The first-order chi connectivity index (χ1) is 20.1. The van der Waals surface area contributed by atoms with Crippen LogP contribution in [-0.4, -0.2) is 50.1 Å². The molecule has 0 aliphatic rings. The third-order valence-electron chi connectivity index (χ3n) is 5.53. The number of pyridine rings is 1. The Hall–Kier alpha value is -3.51. The van der Waals surface area contributed by atoms with Crippen LogP contribution in [0.3, 0.4) is 0 Å². The van der Waals surface area contributed by atoms with Crippen LogP contribution in [0.5, 0.6) is 5.75 Å². The second-order valence-corrected chi connectivity index (χ2v) is 10.6. The lowest BCUT2D eigenvalue weighted by atomic mass is 10.2. The van der Waals surface area contributed by atoms with Gasteiger partial charge in [-0.1, -0.05) is 24.4 Å². The largest absolute Gasteiger partial charge is 1.00 e. The van der Waals surface area contributed by atoms with Crippen molar-refractivity contribution in [1.29, 1.82) is 5.26 Å². The Morgan fingerprint density at radius 1 is 1.02 bits per heavy atom. The van der Waals surface area contributed by atoms with Crippen LogP contribution in [0.25, 0.3) is 0 Å². The van der Waals surface area contributed by atoms with Gasteiger partial charge in [-0.05, 0) is 64.3 Å². The highest BCUT2D eigenvalue weighted by molar-refractivity contribution is 6.30. The summed E-state index contributed by atoms with van der Waals surface area (Å²) in [7, 11) is 0. The van der Waals surface area contributed by atoms with E-state index in [0.29, 0.717) is 31.1 Å². The van der Waals surface area contributed by atoms with Gasteiger partial charge in [-0.25, -0.2) is 9.59 Å². The molecule has 1 amide bonds. The number of benzene rings is 1. The Bertz CT molecular complexity index is 1190. The number of unbranched alkanes of at least 4 members (excludes halogenated alkanes) is 3. The van der Waals surface area contributed by atoms with Crippen LogP contribution in [0.1, 0.15) is 52.9 Å². The molecule has 1 aromatic carbocycles. The van der Waals surface area contributed by atoms with Gasteiger partial charge in [-0.3, -0.25) is 0 Å². The Morgan fingerprint density at radius 3 is 2.35 bits per heavy atom. The summed E-state index contributed by atoms with van der Waals surface area (Å²) in [5.74, 6) is 0.890. The standard InChI is InChI=1S/C29H39ClN6O6.HI/c1-29(2,3)42-27(37)33-15-8-20-40-28(38)41-22-35-17-13-24(14-18-35)36(26(32)34-21-31)16-6-4-5-7-19-39-25-11-9-23(30)10-12-25;/h9-14,17-18H,4-8,15-16,19-20,22H2,1-3H3,(H2-,32,33,34,37);1H. The van der Waals surface area contributed by atoms with Crippen molar-refractivity contribution in [2.45, 2.75) is 65.2 Å². The molecule has 14 heteroatoms. The number of alkyl carbamates (subject to hydrolysis) is 1. The number of aromatic nitrogens is 1. The van der Waals surface area contributed by atoms with Gasteiger partial charge in [0.25, 0.3) is 6.73 Å². The number of anilines is 1. The molecule has 0 atom stereocenters. The first kappa shape index (κ1) is 37.5. The van der Waals surface area contributed by atoms with Crippen LogP contribution in [0.15, 0.2) is 53.8 Å². The van der Waals surface area contributed by atoms with Crippen LogP contribution in [0, 0.1) is 11.5 Å². The number of nitriles is 1. The third-order valence-corrected chi connectivity index (χ3v) is 5.78. The van der Waals surface area contributed by atoms with E-state index in [4.69, 9.17) is 41.5 Å². The van der Waals surface area contributed by atoms with Crippen LogP contribution >= 0.6 is 11.6 Å². The molecule has 43 heavy (non-hydrogen) atoms. The molecule has 236 valence electrons. The van der Waals surface area contributed by atoms with E-state index in [9.17, 15) is 9.59 Å². The molecule has 0 aliphatic heterocycles. The van der Waals surface area contributed by atoms with Crippen LogP contribution in [0.2, 0.25) is 5.02 Å². The number of nitrogens with two attached hydrogens (primary N) is 1. The fourth-order valence-corrected chi connectivity index (χ4v) is 3.68. The average Bonchev–Trinajstić information content (AvgIpc) is 2.94. The van der Waals surface area contributed by atoms with E-state index in [0.717, 1.165) is 37.1 Å². The first-order valence-electron chi connectivity index (χ1n) is 13.7. The monoisotopic (exact) mass is 730 g/mol. The van der Waals surface area contributed by atoms with E-state index in [1.807, 2.05) is 12.1 Å². The molecule has 2 aromatic rings. The molecule has 0 saturated heterocycles. The maximum atomic E-state index is 11.9. The van der Waals surface area contributed by atoms with Gasteiger partial charge in [0, 0.05) is 30.2 Å². The number of carbonyl (C=O) groups is 2. The number of hydrogen-bond donors (Lipinski definition) is 2. The fourth-order valence-electron chi connectivity index (χ4n) is 3.55. The smallest absolute Gasteiger partial charge is 0.513 e. The van der Waals surface area contributed by atoms with Crippen molar-refractivity contribution in [3.63, 3.8) is 0 Å². The summed E-state index contributed by atoms with van der Waals surface area (Å²) in [5, 5.41) is 12.2. The molecule has 0 spiro atoms. The molecule has 0 fully saturated rings. The van der Waals surface area contributed by atoms with E-state index in [1.165, 1.54) is 0 Å². The second-order valence-electron chi connectivity index (χ2n) is 10.2. The molecular formula is C29H40ClIN6O6. The van der Waals surface area contributed by atoms with Gasteiger partial charge < -0.3 is 58.9 Å². The predicted octanol–water partition coefficient (Wildman–Crippen LogP) is 1.90. The lowest BCUT2D eigenvalue weighted by Gasteiger charge is -2.22. The molecule has 1 aromatic heterocycles. The van der Waals surface area contributed by atoms with Gasteiger partial charge in [-0.15, -0.1) is 4.99 Å². The minimum atomic E-state index is -0.825. The second kappa shape index (κ2) is 20.4. The quantitative estimate of drug-likeness (QED) is 0.0533. The fraction of sp³-hybridized carbons (Fsp3) is 0.483. The van der Waals surface area contributed by atoms with E-state index in [-0.39, 0.29) is 43.3 Å². The van der Waals surface area contributed by atoms with Crippen molar-refractivity contribution in [3.05, 3.63) is 53.8 Å². The number of guanidine groups is 1. The van der Waals surface area contributed by atoms with Gasteiger partial charge >= 0.3 is 12.2 Å². The number of nitrogens with one attached hydrogen (secondary N) is 1. The number of aliphatic imine (C=N–C) groups is 1. The number of carbonyl (C=O) groups excluding carboxylic acids is 2. The van der Waals surface area contributed by atoms with Crippen molar-refractivity contribution in [1.82, 2.24) is 5.32 Å². The van der Waals surface area contributed by atoms with Crippen LogP contribution in [0.4, 0.5) is 15.3 Å². The van der Waals surface area contributed by atoms with Crippen molar-refractivity contribution in [3.8, 4) is 11.9 Å². The van der Waals surface area contributed by atoms with Gasteiger partial charge in [0.05, 0.1) is 18.9 Å². The number of hydrogen-bond acceptors (Lipinski definition) is 8. The van der Waals surface area contributed by atoms with Crippen LogP contribution in [-0.2, 0) is 20.9 Å².